The maximum Gasteiger partial charge on any atom is 0.0186 e. The van der Waals surface area contributed by atoms with Crippen LogP contribution in [-0.2, 0) is 0 Å². The Hall–Kier alpha value is -0.380. The summed E-state index contributed by atoms with van der Waals surface area (Å²) in [4.78, 5) is 3.83. The van der Waals surface area contributed by atoms with Gasteiger partial charge in [0.15, 0.2) is 0 Å². The highest BCUT2D eigenvalue weighted by Crippen LogP contribution is 2.30. The second kappa shape index (κ2) is 5.80. The van der Waals surface area contributed by atoms with Crippen molar-refractivity contribution in [3.63, 3.8) is 0 Å². The third-order valence-corrected chi connectivity index (χ3v) is 4.33. The Morgan fingerprint density at radius 2 is 1.56 bits per heavy atom. The smallest absolute Gasteiger partial charge is 0.0186 e. The number of rotatable bonds is 3. The van der Waals surface area contributed by atoms with Gasteiger partial charge in [-0.05, 0) is 48.7 Å². The van der Waals surface area contributed by atoms with Crippen LogP contribution >= 0.6 is 39.5 Å². The average molecular weight is 311 g/mol. The molecule has 0 unspecified atom stereocenters. The largest absolute Gasteiger partial charge is 0.130 e. The van der Waals surface area contributed by atoms with Crippen LogP contribution in [0.25, 0.3) is 0 Å². The molecule has 0 heterocycles. The van der Waals surface area contributed by atoms with E-state index in [9.17, 15) is 0 Å². The van der Waals surface area contributed by atoms with Crippen LogP contribution in [0.4, 0.5) is 0 Å². The van der Waals surface area contributed by atoms with Crippen molar-refractivity contribution in [2.75, 3.05) is 6.26 Å². The standard InChI is InChI=1S/C13H11BrS2/c1-15-11-5-7-12(8-6-11)16-13-4-2-3-10(14)9-13/h2-9H,1H3. The Bertz CT molecular complexity index is 466. The van der Waals surface area contributed by atoms with Gasteiger partial charge >= 0.3 is 0 Å². The molecule has 0 aliphatic heterocycles. The van der Waals surface area contributed by atoms with Crippen LogP contribution in [0.15, 0.2) is 67.7 Å². The predicted octanol–water partition coefficient (Wildman–Crippen LogP) is 5.32. The third-order valence-electron chi connectivity index (χ3n) is 2.09. The van der Waals surface area contributed by atoms with Crippen molar-refractivity contribution < 1.29 is 0 Å². The zero-order valence-electron chi connectivity index (χ0n) is 8.81. The SMILES string of the molecule is CSc1ccc(Sc2cccc(Br)c2)cc1. The molecule has 82 valence electrons. The molecule has 16 heavy (non-hydrogen) atoms. The van der Waals surface area contributed by atoms with Gasteiger partial charge in [-0.1, -0.05) is 33.8 Å². The number of hydrogen-bond donors (Lipinski definition) is 0. The van der Waals surface area contributed by atoms with Crippen LogP contribution < -0.4 is 0 Å². The summed E-state index contributed by atoms with van der Waals surface area (Å²) >= 11 is 7.03. The number of benzene rings is 2. The first-order valence-electron chi connectivity index (χ1n) is 4.85. The quantitative estimate of drug-likeness (QED) is 0.703. The van der Waals surface area contributed by atoms with Gasteiger partial charge in [-0.25, -0.2) is 0 Å². The van der Waals surface area contributed by atoms with E-state index in [1.54, 1.807) is 23.5 Å². The van der Waals surface area contributed by atoms with Gasteiger partial charge in [0.25, 0.3) is 0 Å². The topological polar surface area (TPSA) is 0 Å². The molecule has 0 spiro atoms. The van der Waals surface area contributed by atoms with Crippen molar-refractivity contribution in [1.82, 2.24) is 0 Å². The highest BCUT2D eigenvalue weighted by atomic mass is 79.9. The summed E-state index contributed by atoms with van der Waals surface area (Å²) in [5.41, 5.74) is 0. The van der Waals surface area contributed by atoms with E-state index in [4.69, 9.17) is 0 Å². The molecule has 3 heteroatoms. The second-order valence-electron chi connectivity index (χ2n) is 3.23. The number of halogens is 1. The van der Waals surface area contributed by atoms with Crippen molar-refractivity contribution in [2.24, 2.45) is 0 Å². The van der Waals surface area contributed by atoms with Crippen LogP contribution in [0.1, 0.15) is 0 Å². The van der Waals surface area contributed by atoms with Gasteiger partial charge in [-0.3, -0.25) is 0 Å². The lowest BCUT2D eigenvalue weighted by Gasteiger charge is -2.03. The highest BCUT2D eigenvalue weighted by molar-refractivity contribution is 9.10. The minimum absolute atomic E-state index is 1.12. The molecule has 0 N–H and O–H groups in total. The van der Waals surface area contributed by atoms with E-state index in [-0.39, 0.29) is 0 Å². The van der Waals surface area contributed by atoms with E-state index in [1.165, 1.54) is 14.7 Å². The fourth-order valence-corrected chi connectivity index (χ4v) is 3.15. The van der Waals surface area contributed by atoms with Gasteiger partial charge in [-0.2, -0.15) is 0 Å². The molecule has 0 aliphatic carbocycles. The lowest BCUT2D eigenvalue weighted by molar-refractivity contribution is 1.34. The first-order valence-corrected chi connectivity index (χ1v) is 7.69. The van der Waals surface area contributed by atoms with Crippen molar-refractivity contribution in [3.8, 4) is 0 Å². The lowest BCUT2D eigenvalue weighted by atomic mass is 10.4. The molecule has 2 aromatic rings. The Morgan fingerprint density at radius 3 is 2.19 bits per heavy atom. The van der Waals surface area contributed by atoms with Gasteiger partial charge in [0.1, 0.15) is 0 Å². The maximum atomic E-state index is 3.48. The molecular formula is C13H11BrS2. The third kappa shape index (κ3) is 3.30. The van der Waals surface area contributed by atoms with Gasteiger partial charge in [0, 0.05) is 19.2 Å². The first kappa shape index (κ1) is 12.1. The maximum absolute atomic E-state index is 3.48. The Kier molecular flexibility index (Phi) is 4.38. The predicted molar refractivity (Wildman–Crippen MR) is 76.5 cm³/mol. The number of hydrogen-bond acceptors (Lipinski definition) is 2. The second-order valence-corrected chi connectivity index (χ2v) is 6.18. The molecule has 0 aromatic heterocycles. The molecule has 2 rings (SSSR count). The summed E-state index contributed by atoms with van der Waals surface area (Å²) in [5.74, 6) is 0. The molecule has 0 nitrogen and oxygen atoms in total. The summed E-state index contributed by atoms with van der Waals surface area (Å²) in [6, 6.07) is 17.0. The lowest BCUT2D eigenvalue weighted by Crippen LogP contribution is -1.74. The molecule has 2 aromatic carbocycles. The fraction of sp³-hybridized carbons (Fsp3) is 0.0769. The van der Waals surface area contributed by atoms with Crippen LogP contribution in [0.5, 0.6) is 0 Å². The summed E-state index contributed by atoms with van der Waals surface area (Å²) < 4.78 is 1.12. The first-order chi connectivity index (χ1) is 7.78. The molecule has 0 fully saturated rings. The van der Waals surface area contributed by atoms with E-state index < -0.39 is 0 Å². The molecule has 0 aliphatic rings. The Morgan fingerprint density at radius 1 is 0.875 bits per heavy atom. The summed E-state index contributed by atoms with van der Waals surface area (Å²) in [5, 5.41) is 0. The van der Waals surface area contributed by atoms with Crippen LogP contribution in [0, 0.1) is 0 Å². The molecule has 0 amide bonds. The summed E-state index contributed by atoms with van der Waals surface area (Å²) in [6.45, 7) is 0. The van der Waals surface area contributed by atoms with Crippen LogP contribution in [-0.4, -0.2) is 6.26 Å². The fourth-order valence-electron chi connectivity index (χ4n) is 1.31. The van der Waals surface area contributed by atoms with E-state index >= 15 is 0 Å². The van der Waals surface area contributed by atoms with E-state index in [0.29, 0.717) is 0 Å². The molecule has 0 radical (unpaired) electrons. The Labute approximate surface area is 113 Å². The zero-order chi connectivity index (χ0) is 11.4. The molecular weight excluding hydrogens is 300 g/mol. The normalized spacial score (nSPS) is 10.4. The minimum atomic E-state index is 1.12. The minimum Gasteiger partial charge on any atom is -0.130 e. The van der Waals surface area contributed by atoms with E-state index in [2.05, 4.69) is 64.7 Å². The Balaban J connectivity index is 2.14. The molecule has 0 atom stereocenters. The van der Waals surface area contributed by atoms with Crippen LogP contribution in [0.3, 0.4) is 0 Å². The highest BCUT2D eigenvalue weighted by Gasteiger charge is 1.98. The summed E-state index contributed by atoms with van der Waals surface area (Å²) in [7, 11) is 0. The van der Waals surface area contributed by atoms with Crippen molar-refractivity contribution in [1.29, 1.82) is 0 Å². The molecule has 0 saturated heterocycles. The van der Waals surface area contributed by atoms with E-state index in [0.717, 1.165) is 4.47 Å². The monoisotopic (exact) mass is 310 g/mol. The van der Waals surface area contributed by atoms with Gasteiger partial charge in [0.2, 0.25) is 0 Å². The van der Waals surface area contributed by atoms with Crippen molar-refractivity contribution >= 4 is 39.5 Å². The van der Waals surface area contributed by atoms with Gasteiger partial charge < -0.3 is 0 Å². The molecule has 0 saturated carbocycles. The van der Waals surface area contributed by atoms with Gasteiger partial charge in [-0.15, -0.1) is 11.8 Å². The molecule has 0 bridgehead atoms. The zero-order valence-corrected chi connectivity index (χ0v) is 12.0. The van der Waals surface area contributed by atoms with Gasteiger partial charge in [0.05, 0.1) is 0 Å². The van der Waals surface area contributed by atoms with Crippen molar-refractivity contribution in [3.05, 3.63) is 53.0 Å². The van der Waals surface area contributed by atoms with Crippen molar-refractivity contribution in [2.45, 2.75) is 14.7 Å². The van der Waals surface area contributed by atoms with Crippen LogP contribution in [0.2, 0.25) is 0 Å². The average Bonchev–Trinajstić information content (AvgIpc) is 2.30. The summed E-state index contributed by atoms with van der Waals surface area (Å²) in [6.07, 6.45) is 2.09. The number of thioether (sulfide) groups is 1. The van der Waals surface area contributed by atoms with E-state index in [1.807, 2.05) is 6.07 Å².